The van der Waals surface area contributed by atoms with Crippen molar-refractivity contribution in [3.05, 3.63) is 52.7 Å². The third-order valence-corrected chi connectivity index (χ3v) is 3.79. The molecule has 0 aliphatic heterocycles. The number of phenols is 2. The standard InChI is InChI=1S/C19H19NO6/c21-8-6-20-7-9-25-18-15(24)10-13(22)17-14(23)11-16(26-19(17)18)12-4-2-1-3-5-12/h1-5,10-11,20-22,24H,6-9H2. The Morgan fingerprint density at radius 2 is 1.81 bits per heavy atom. The molecule has 0 atom stereocenters. The van der Waals surface area contributed by atoms with Gasteiger partial charge in [0.25, 0.3) is 0 Å². The minimum atomic E-state index is -0.439. The zero-order chi connectivity index (χ0) is 18.5. The van der Waals surface area contributed by atoms with E-state index < -0.39 is 5.43 Å². The molecule has 26 heavy (non-hydrogen) atoms. The fourth-order valence-electron chi connectivity index (χ4n) is 2.59. The van der Waals surface area contributed by atoms with E-state index >= 15 is 0 Å². The van der Waals surface area contributed by atoms with E-state index in [9.17, 15) is 15.0 Å². The molecule has 0 bridgehead atoms. The molecule has 4 N–H and O–H groups in total. The first-order valence-corrected chi connectivity index (χ1v) is 8.14. The summed E-state index contributed by atoms with van der Waals surface area (Å²) in [5.41, 5.74) is 0.228. The van der Waals surface area contributed by atoms with Crippen LogP contribution in [0.5, 0.6) is 17.2 Å². The van der Waals surface area contributed by atoms with E-state index in [2.05, 4.69) is 5.32 Å². The summed E-state index contributed by atoms with van der Waals surface area (Å²) in [6.45, 7) is 1.01. The monoisotopic (exact) mass is 357 g/mol. The number of phenolic OH excluding ortho intramolecular Hbond substituents is 2. The van der Waals surface area contributed by atoms with Gasteiger partial charge >= 0.3 is 0 Å². The van der Waals surface area contributed by atoms with Gasteiger partial charge in [-0.05, 0) is 0 Å². The molecule has 0 unspecified atom stereocenters. The van der Waals surface area contributed by atoms with Crippen molar-refractivity contribution in [3.63, 3.8) is 0 Å². The van der Waals surface area contributed by atoms with Crippen LogP contribution in [0.15, 0.2) is 51.7 Å². The van der Waals surface area contributed by atoms with Crippen LogP contribution in [0, 0.1) is 0 Å². The Morgan fingerprint density at radius 3 is 2.54 bits per heavy atom. The highest BCUT2D eigenvalue weighted by Crippen LogP contribution is 2.40. The molecular formula is C19H19NO6. The maximum absolute atomic E-state index is 12.5. The molecule has 7 heteroatoms. The molecule has 1 aromatic heterocycles. The Labute approximate surface area is 149 Å². The van der Waals surface area contributed by atoms with Crippen LogP contribution < -0.4 is 15.5 Å². The van der Waals surface area contributed by atoms with E-state index in [1.54, 1.807) is 12.1 Å². The first-order chi connectivity index (χ1) is 12.6. The largest absolute Gasteiger partial charge is 0.507 e. The van der Waals surface area contributed by atoms with Crippen molar-refractivity contribution in [3.8, 4) is 28.6 Å². The van der Waals surface area contributed by atoms with Crippen molar-refractivity contribution in [2.75, 3.05) is 26.3 Å². The van der Waals surface area contributed by atoms with Crippen LogP contribution in [0.1, 0.15) is 0 Å². The maximum atomic E-state index is 12.5. The predicted octanol–water partition coefficient (Wildman–Crippen LogP) is 1.83. The van der Waals surface area contributed by atoms with Crippen LogP contribution in [-0.4, -0.2) is 41.6 Å². The summed E-state index contributed by atoms with van der Waals surface area (Å²) in [7, 11) is 0. The second kappa shape index (κ2) is 7.90. The summed E-state index contributed by atoms with van der Waals surface area (Å²) >= 11 is 0. The summed E-state index contributed by atoms with van der Waals surface area (Å²) in [4.78, 5) is 12.5. The van der Waals surface area contributed by atoms with Crippen LogP contribution in [-0.2, 0) is 0 Å². The Bertz CT molecular complexity index is 952. The molecule has 0 aliphatic carbocycles. The highest BCUT2D eigenvalue weighted by atomic mass is 16.5. The van der Waals surface area contributed by atoms with Crippen LogP contribution in [0.4, 0.5) is 0 Å². The quantitative estimate of drug-likeness (QED) is 0.477. The number of hydrogen-bond donors (Lipinski definition) is 4. The molecule has 0 radical (unpaired) electrons. The highest BCUT2D eigenvalue weighted by Gasteiger charge is 2.19. The van der Waals surface area contributed by atoms with Crippen LogP contribution in [0.2, 0.25) is 0 Å². The van der Waals surface area contributed by atoms with Gasteiger partial charge in [0.15, 0.2) is 16.8 Å². The third kappa shape index (κ3) is 3.63. The van der Waals surface area contributed by atoms with Gasteiger partial charge in [0.1, 0.15) is 23.5 Å². The minimum absolute atomic E-state index is 0.00268. The lowest BCUT2D eigenvalue weighted by atomic mass is 10.1. The average molecular weight is 357 g/mol. The normalized spacial score (nSPS) is 11.0. The summed E-state index contributed by atoms with van der Waals surface area (Å²) in [5, 5.41) is 31.8. The van der Waals surface area contributed by atoms with Gasteiger partial charge in [0, 0.05) is 30.8 Å². The van der Waals surface area contributed by atoms with E-state index in [1.807, 2.05) is 18.2 Å². The van der Waals surface area contributed by atoms with Gasteiger partial charge in [0.05, 0.1) is 6.61 Å². The Balaban J connectivity index is 2.05. The van der Waals surface area contributed by atoms with Gasteiger partial charge in [-0.3, -0.25) is 4.79 Å². The fraction of sp³-hybridized carbons (Fsp3) is 0.211. The number of fused-ring (bicyclic) bond motifs is 1. The Kier molecular flexibility index (Phi) is 5.40. The molecule has 3 aromatic rings. The molecule has 0 fully saturated rings. The molecule has 0 spiro atoms. The van der Waals surface area contributed by atoms with Gasteiger partial charge < -0.3 is 29.8 Å². The van der Waals surface area contributed by atoms with Crippen molar-refractivity contribution in [2.24, 2.45) is 0 Å². The Hall–Kier alpha value is -3.03. The molecule has 2 aromatic carbocycles. The van der Waals surface area contributed by atoms with Crippen LogP contribution in [0.25, 0.3) is 22.3 Å². The lowest BCUT2D eigenvalue weighted by Gasteiger charge is -2.12. The molecule has 0 saturated carbocycles. The van der Waals surface area contributed by atoms with Crippen LogP contribution >= 0.6 is 0 Å². The predicted molar refractivity (Wildman–Crippen MR) is 96.7 cm³/mol. The number of hydrogen-bond acceptors (Lipinski definition) is 7. The zero-order valence-electron chi connectivity index (χ0n) is 13.9. The van der Waals surface area contributed by atoms with Crippen molar-refractivity contribution in [1.29, 1.82) is 0 Å². The van der Waals surface area contributed by atoms with Crippen molar-refractivity contribution >= 4 is 11.0 Å². The van der Waals surface area contributed by atoms with E-state index in [0.717, 1.165) is 6.07 Å². The van der Waals surface area contributed by atoms with E-state index in [0.29, 0.717) is 24.4 Å². The topological polar surface area (TPSA) is 112 Å². The number of ether oxygens (including phenoxy) is 1. The van der Waals surface area contributed by atoms with Gasteiger partial charge in [-0.25, -0.2) is 0 Å². The molecule has 0 saturated heterocycles. The van der Waals surface area contributed by atoms with Gasteiger partial charge in [-0.1, -0.05) is 30.3 Å². The lowest BCUT2D eigenvalue weighted by molar-refractivity contribution is 0.270. The zero-order valence-corrected chi connectivity index (χ0v) is 13.9. The van der Waals surface area contributed by atoms with E-state index in [1.165, 1.54) is 6.07 Å². The lowest BCUT2D eigenvalue weighted by Crippen LogP contribution is -2.24. The molecule has 0 amide bonds. The molecule has 1 heterocycles. The van der Waals surface area contributed by atoms with Gasteiger partial charge in [0.2, 0.25) is 5.75 Å². The minimum Gasteiger partial charge on any atom is -0.507 e. The van der Waals surface area contributed by atoms with Gasteiger partial charge in [-0.2, -0.15) is 0 Å². The summed E-state index contributed by atoms with van der Waals surface area (Å²) in [6.07, 6.45) is 0. The fourth-order valence-corrected chi connectivity index (χ4v) is 2.59. The number of benzene rings is 2. The molecule has 3 rings (SSSR count). The summed E-state index contributed by atoms with van der Waals surface area (Å²) in [6, 6.07) is 11.4. The molecular weight excluding hydrogens is 338 g/mol. The first kappa shape index (κ1) is 17.8. The van der Waals surface area contributed by atoms with Gasteiger partial charge in [-0.15, -0.1) is 0 Å². The first-order valence-electron chi connectivity index (χ1n) is 8.14. The second-order valence-electron chi connectivity index (χ2n) is 5.61. The number of nitrogens with one attached hydrogen (secondary N) is 1. The van der Waals surface area contributed by atoms with Crippen molar-refractivity contribution in [2.45, 2.75) is 0 Å². The summed E-state index contributed by atoms with van der Waals surface area (Å²) in [5.74, 6) is -0.419. The number of aromatic hydroxyl groups is 2. The summed E-state index contributed by atoms with van der Waals surface area (Å²) < 4.78 is 11.4. The number of rotatable bonds is 7. The SMILES string of the molecule is O=c1cc(-c2ccccc2)oc2c(OCCNCCO)c(O)cc(O)c12. The number of aliphatic hydroxyl groups excluding tert-OH is 1. The Morgan fingerprint density at radius 1 is 1.04 bits per heavy atom. The molecule has 0 aliphatic rings. The number of aliphatic hydroxyl groups is 1. The van der Waals surface area contributed by atoms with Crippen molar-refractivity contribution in [1.82, 2.24) is 5.32 Å². The van der Waals surface area contributed by atoms with E-state index in [-0.39, 0.29) is 41.4 Å². The maximum Gasteiger partial charge on any atom is 0.205 e. The van der Waals surface area contributed by atoms with Crippen LogP contribution in [0.3, 0.4) is 0 Å². The smallest absolute Gasteiger partial charge is 0.205 e. The highest BCUT2D eigenvalue weighted by molar-refractivity contribution is 5.91. The second-order valence-corrected chi connectivity index (χ2v) is 5.61. The molecule has 7 nitrogen and oxygen atoms in total. The van der Waals surface area contributed by atoms with E-state index in [4.69, 9.17) is 14.3 Å². The molecule has 136 valence electrons. The third-order valence-electron chi connectivity index (χ3n) is 3.79. The van der Waals surface area contributed by atoms with Crippen molar-refractivity contribution < 1.29 is 24.5 Å². The average Bonchev–Trinajstić information content (AvgIpc) is 2.64.